The SMILES string of the molecule is FN(F)C(N(F)F)(N(F)F)N(F)F. The molecule has 0 aliphatic carbocycles. The summed E-state index contributed by atoms with van der Waals surface area (Å²) < 4.78 is 91.0. The summed E-state index contributed by atoms with van der Waals surface area (Å²) in [5, 5.41) is -12.2. The van der Waals surface area contributed by atoms with Crippen molar-refractivity contribution >= 4 is 0 Å². The van der Waals surface area contributed by atoms with Gasteiger partial charge < -0.3 is 0 Å². The number of halogens is 8. The molecule has 0 bridgehead atoms. The maximum Gasteiger partial charge on any atom is 0.413 e. The Morgan fingerprint density at radius 3 is 0.615 bits per heavy atom. The Morgan fingerprint density at radius 2 is 0.615 bits per heavy atom. The zero-order chi connectivity index (χ0) is 10.8. The van der Waals surface area contributed by atoms with Crippen LogP contribution in [0.3, 0.4) is 0 Å². The topological polar surface area (TPSA) is 13.0 Å². The molecule has 0 aliphatic heterocycles. The molecule has 0 unspecified atom stereocenters. The highest BCUT2D eigenvalue weighted by Crippen LogP contribution is 2.33. The molecule has 0 amide bonds. The van der Waals surface area contributed by atoms with Gasteiger partial charge >= 0.3 is 5.91 Å². The highest BCUT2D eigenvalue weighted by atomic mass is 19.4. The smallest absolute Gasteiger partial charge is 0.0959 e. The van der Waals surface area contributed by atoms with Crippen molar-refractivity contribution in [3.8, 4) is 0 Å². The minimum absolute atomic E-state index is 3.06. The summed E-state index contributed by atoms with van der Waals surface area (Å²) in [6, 6.07) is 0. The van der Waals surface area contributed by atoms with Gasteiger partial charge in [0.2, 0.25) is 0 Å². The van der Waals surface area contributed by atoms with E-state index < -0.39 is 27.3 Å². The fraction of sp³-hybridized carbons (Fsp3) is 1.00. The molecule has 0 saturated carbocycles. The predicted molar refractivity (Wildman–Crippen MR) is 19.0 cm³/mol. The van der Waals surface area contributed by atoms with Crippen molar-refractivity contribution in [1.29, 1.82) is 0 Å². The molecule has 0 fully saturated rings. The largest absolute Gasteiger partial charge is 0.413 e. The third-order valence-electron chi connectivity index (χ3n) is 0.907. The lowest BCUT2D eigenvalue weighted by Crippen LogP contribution is -2.63. The molecule has 0 heterocycles. The molecule has 0 atom stereocenters. The van der Waals surface area contributed by atoms with E-state index in [4.69, 9.17) is 0 Å². The maximum atomic E-state index is 11.4. The highest BCUT2D eigenvalue weighted by Gasteiger charge is 2.63. The minimum Gasteiger partial charge on any atom is -0.0959 e. The lowest BCUT2D eigenvalue weighted by molar-refractivity contribution is -0.566. The van der Waals surface area contributed by atoms with E-state index in [0.29, 0.717) is 0 Å². The Morgan fingerprint density at radius 1 is 0.462 bits per heavy atom. The average molecular weight is 220 g/mol. The summed E-state index contributed by atoms with van der Waals surface area (Å²) in [6.45, 7) is 0. The van der Waals surface area contributed by atoms with Gasteiger partial charge in [0.1, 0.15) is 0 Å². The molecule has 0 rings (SSSR count). The summed E-state index contributed by atoms with van der Waals surface area (Å²) in [7, 11) is 0. The van der Waals surface area contributed by atoms with E-state index in [-0.39, 0.29) is 0 Å². The van der Waals surface area contributed by atoms with Gasteiger partial charge in [-0.1, -0.05) is 35.9 Å². The third-order valence-corrected chi connectivity index (χ3v) is 0.907. The molecule has 0 aromatic carbocycles. The fourth-order valence-corrected chi connectivity index (χ4v) is 0.343. The molecule has 0 radical (unpaired) electrons. The first-order chi connectivity index (χ1) is 5.77. The maximum absolute atomic E-state index is 11.4. The van der Waals surface area contributed by atoms with Gasteiger partial charge in [-0.15, -0.1) is 0 Å². The van der Waals surface area contributed by atoms with Crippen molar-refractivity contribution in [1.82, 2.24) is 21.4 Å². The average Bonchev–Trinajstić information content (AvgIpc) is 1.82. The minimum atomic E-state index is -5.50. The lowest BCUT2D eigenvalue weighted by atomic mass is 10.7. The summed E-state index contributed by atoms with van der Waals surface area (Å²) >= 11 is 0. The van der Waals surface area contributed by atoms with Crippen LogP contribution in [0.5, 0.6) is 0 Å². The standard InChI is InChI=1S/CF8N4/c2-10(3)1(11(4)5,12(6)7)13(8)9. The Hall–Kier alpha value is -0.720. The molecule has 12 heteroatoms. The summed E-state index contributed by atoms with van der Waals surface area (Å²) in [5.41, 5.74) is 0. The molecular formula is CF8N4. The van der Waals surface area contributed by atoms with Crippen molar-refractivity contribution in [3.05, 3.63) is 0 Å². The molecule has 0 aromatic heterocycles. The summed E-state index contributed by atoms with van der Waals surface area (Å²) in [4.78, 5) is 0. The second-order valence-corrected chi connectivity index (χ2v) is 1.53. The Kier molecular flexibility index (Phi) is 3.77. The molecule has 0 saturated heterocycles. The van der Waals surface area contributed by atoms with Crippen molar-refractivity contribution in [2.75, 3.05) is 0 Å². The number of rotatable bonds is 4. The van der Waals surface area contributed by atoms with Gasteiger partial charge in [0, 0.05) is 0 Å². The van der Waals surface area contributed by atoms with E-state index in [1.54, 1.807) is 0 Å². The van der Waals surface area contributed by atoms with Gasteiger partial charge in [0.15, 0.2) is 0 Å². The Bertz CT molecular complexity index is 119. The van der Waals surface area contributed by atoms with Crippen LogP contribution in [-0.2, 0) is 0 Å². The van der Waals surface area contributed by atoms with Gasteiger partial charge in [-0.25, -0.2) is 0 Å². The van der Waals surface area contributed by atoms with Crippen LogP contribution in [0, 0.1) is 0 Å². The Balaban J connectivity index is 5.06. The van der Waals surface area contributed by atoms with Crippen molar-refractivity contribution in [2.24, 2.45) is 0 Å². The van der Waals surface area contributed by atoms with Gasteiger partial charge in [-0.3, -0.25) is 0 Å². The van der Waals surface area contributed by atoms with Crippen LogP contribution in [0.1, 0.15) is 0 Å². The van der Waals surface area contributed by atoms with Gasteiger partial charge in [-0.05, 0) is 0 Å². The highest BCUT2D eigenvalue weighted by molar-refractivity contribution is 4.58. The number of hydrogen-bond acceptors (Lipinski definition) is 4. The first-order valence-electron chi connectivity index (χ1n) is 2.25. The van der Waals surface area contributed by atoms with Crippen LogP contribution in [-0.4, -0.2) is 27.3 Å². The van der Waals surface area contributed by atoms with Crippen LogP contribution in [0.25, 0.3) is 0 Å². The molecule has 0 N–H and O–H groups in total. The van der Waals surface area contributed by atoms with Crippen molar-refractivity contribution < 1.29 is 35.9 Å². The lowest BCUT2D eigenvalue weighted by Gasteiger charge is -2.29. The molecule has 0 spiro atoms. The van der Waals surface area contributed by atoms with E-state index in [9.17, 15) is 35.9 Å². The van der Waals surface area contributed by atoms with E-state index in [2.05, 4.69) is 0 Å². The van der Waals surface area contributed by atoms with E-state index in [1.165, 1.54) is 0 Å². The van der Waals surface area contributed by atoms with Crippen LogP contribution < -0.4 is 0 Å². The molecule has 13 heavy (non-hydrogen) atoms. The Labute approximate surface area is 64.6 Å². The van der Waals surface area contributed by atoms with Crippen LogP contribution in [0.15, 0.2) is 0 Å². The summed E-state index contributed by atoms with van der Waals surface area (Å²) in [5.74, 6) is -5.50. The molecule has 0 aromatic rings. The first-order valence-corrected chi connectivity index (χ1v) is 2.25. The van der Waals surface area contributed by atoms with Crippen LogP contribution >= 0.6 is 0 Å². The van der Waals surface area contributed by atoms with Crippen molar-refractivity contribution in [2.45, 2.75) is 5.91 Å². The molecular weight excluding hydrogens is 220 g/mol. The second-order valence-electron chi connectivity index (χ2n) is 1.53. The molecule has 80 valence electrons. The van der Waals surface area contributed by atoms with E-state index >= 15 is 0 Å². The van der Waals surface area contributed by atoms with E-state index in [1.807, 2.05) is 0 Å². The molecule has 4 nitrogen and oxygen atoms in total. The number of nitrogens with zero attached hydrogens (tertiary/aromatic N) is 4. The number of hydrogen-bond donors (Lipinski definition) is 0. The zero-order valence-corrected chi connectivity index (χ0v) is 5.31. The van der Waals surface area contributed by atoms with Crippen LogP contribution in [0.4, 0.5) is 35.9 Å². The molecule has 0 aliphatic rings. The van der Waals surface area contributed by atoms with E-state index in [0.717, 1.165) is 0 Å². The predicted octanol–water partition coefficient (Wildman–Crippen LogP) is 1.88. The summed E-state index contributed by atoms with van der Waals surface area (Å²) in [6.07, 6.45) is 0. The van der Waals surface area contributed by atoms with Gasteiger partial charge in [0.25, 0.3) is 0 Å². The third kappa shape index (κ3) is 1.79. The first kappa shape index (κ1) is 12.3. The second kappa shape index (κ2) is 3.99. The van der Waals surface area contributed by atoms with Gasteiger partial charge in [-0.2, -0.15) is 0 Å². The monoisotopic (exact) mass is 220 g/mol. The normalized spacial score (nSPS) is 13.8. The van der Waals surface area contributed by atoms with Crippen molar-refractivity contribution in [3.63, 3.8) is 0 Å². The van der Waals surface area contributed by atoms with Crippen LogP contribution in [0.2, 0.25) is 0 Å². The quantitative estimate of drug-likeness (QED) is 0.407. The zero-order valence-electron chi connectivity index (χ0n) is 5.31. The fourth-order valence-electron chi connectivity index (χ4n) is 0.343. The van der Waals surface area contributed by atoms with Gasteiger partial charge in [0.05, 0.1) is 21.4 Å².